The average molecular weight is 532 g/mol. The first kappa shape index (κ1) is 26.4. The molecule has 0 spiro atoms. The fourth-order valence-electron chi connectivity index (χ4n) is 4.83. The first-order chi connectivity index (χ1) is 19.0. The first-order valence-electron chi connectivity index (χ1n) is 12.9. The molecule has 3 heterocycles. The van der Waals surface area contributed by atoms with Crippen LogP contribution in [0.4, 0.5) is 9.18 Å². The van der Waals surface area contributed by atoms with Gasteiger partial charge in [-0.25, -0.2) is 14.2 Å². The second-order valence-electron chi connectivity index (χ2n) is 9.55. The van der Waals surface area contributed by atoms with Crippen molar-refractivity contribution in [1.29, 1.82) is 0 Å². The zero-order chi connectivity index (χ0) is 27.2. The molecule has 2 aliphatic rings. The lowest BCUT2D eigenvalue weighted by atomic mass is 10.0. The molecule has 9 nitrogen and oxygen atoms in total. The normalized spacial score (nSPS) is 17.8. The minimum absolute atomic E-state index is 0.0529. The van der Waals surface area contributed by atoms with E-state index in [-0.39, 0.29) is 37.4 Å². The number of aromatic hydroxyl groups is 1. The number of aromatic amines is 1. The van der Waals surface area contributed by atoms with E-state index in [1.807, 2.05) is 36.4 Å². The summed E-state index contributed by atoms with van der Waals surface area (Å²) in [6.45, 7) is 3.85. The number of nitrogens with zero attached hydrogens (tertiary/aromatic N) is 4. The number of nitrogens with one attached hydrogen (secondary N) is 1. The number of carbonyl (C=O) groups excluding carboxylic acids is 1. The van der Waals surface area contributed by atoms with Crippen molar-refractivity contribution in [3.05, 3.63) is 93.2 Å². The molecule has 10 heteroatoms. The van der Waals surface area contributed by atoms with E-state index in [0.29, 0.717) is 0 Å². The fourth-order valence-corrected chi connectivity index (χ4v) is 4.83. The lowest BCUT2D eigenvalue weighted by Gasteiger charge is -2.26. The molecule has 2 aromatic carbocycles. The molecule has 2 N–H and O–H groups in total. The summed E-state index contributed by atoms with van der Waals surface area (Å²) in [4.78, 5) is 36.2. The summed E-state index contributed by atoms with van der Waals surface area (Å²) < 4.78 is 18.7. The number of carbonyl (C=O) groups is 1. The topological polar surface area (TPSA) is 102 Å². The first-order valence-corrected chi connectivity index (χ1v) is 12.9. The smallest absolute Gasteiger partial charge is 0.321 e. The molecule has 5 rings (SSSR count). The highest BCUT2D eigenvalue weighted by Gasteiger charge is 2.38. The van der Waals surface area contributed by atoms with E-state index in [1.165, 1.54) is 21.7 Å². The number of alkyl halides is 1. The number of hydrogen-bond donors (Lipinski definition) is 2. The van der Waals surface area contributed by atoms with Crippen LogP contribution in [0.15, 0.2) is 59.7 Å². The maximum atomic E-state index is 13.3. The number of H-pyrrole nitrogens is 1. The molecule has 0 saturated carbocycles. The van der Waals surface area contributed by atoms with Gasteiger partial charge in [0.05, 0.1) is 38.7 Å². The summed E-state index contributed by atoms with van der Waals surface area (Å²) >= 11 is 0. The van der Waals surface area contributed by atoms with Crippen molar-refractivity contribution in [3.8, 4) is 17.6 Å². The van der Waals surface area contributed by atoms with Gasteiger partial charge in [0.1, 0.15) is 12.4 Å². The molecule has 2 fully saturated rings. The van der Waals surface area contributed by atoms with Gasteiger partial charge < -0.3 is 24.6 Å². The SMILES string of the molecule is O=C1N(Cc2nc[nH]c(=O)c2O)CC(c2ccc(C#Cc3ccc(CN4CCOCC4)cc3)cc2)N1CCF. The molecule has 0 radical (unpaired) electrons. The van der Waals surface area contributed by atoms with E-state index < -0.39 is 18.0 Å². The molecule has 0 bridgehead atoms. The van der Waals surface area contributed by atoms with Crippen LogP contribution in [0, 0.1) is 11.8 Å². The number of aromatic nitrogens is 2. The zero-order valence-electron chi connectivity index (χ0n) is 21.5. The maximum Gasteiger partial charge on any atom is 0.321 e. The van der Waals surface area contributed by atoms with Crippen LogP contribution in [-0.2, 0) is 17.8 Å². The zero-order valence-corrected chi connectivity index (χ0v) is 21.5. The Balaban J connectivity index is 1.25. The molecule has 202 valence electrons. The van der Waals surface area contributed by atoms with Crippen LogP contribution < -0.4 is 5.56 Å². The summed E-state index contributed by atoms with van der Waals surface area (Å²) in [5, 5.41) is 10.0. The van der Waals surface area contributed by atoms with Crippen molar-refractivity contribution < 1.29 is 19.0 Å². The Bertz CT molecular complexity index is 1410. The van der Waals surface area contributed by atoms with Gasteiger partial charge in [-0.2, -0.15) is 0 Å². The third-order valence-corrected chi connectivity index (χ3v) is 6.97. The van der Waals surface area contributed by atoms with Gasteiger partial charge in [0.25, 0.3) is 5.56 Å². The van der Waals surface area contributed by atoms with Crippen LogP contribution in [0.2, 0.25) is 0 Å². The highest BCUT2D eigenvalue weighted by atomic mass is 19.1. The van der Waals surface area contributed by atoms with E-state index in [2.05, 4.69) is 38.8 Å². The van der Waals surface area contributed by atoms with E-state index in [4.69, 9.17) is 4.74 Å². The molecular formula is C29H30FN5O4. The van der Waals surface area contributed by atoms with Crippen LogP contribution >= 0.6 is 0 Å². The molecule has 2 saturated heterocycles. The molecule has 2 aliphatic heterocycles. The second kappa shape index (κ2) is 12.1. The Kier molecular flexibility index (Phi) is 8.20. The summed E-state index contributed by atoms with van der Waals surface area (Å²) in [6, 6.07) is 15.1. The van der Waals surface area contributed by atoms with Crippen LogP contribution in [0.1, 0.15) is 34.0 Å². The number of rotatable bonds is 7. The van der Waals surface area contributed by atoms with Gasteiger partial charge in [-0.15, -0.1) is 0 Å². The van der Waals surface area contributed by atoms with Gasteiger partial charge in [-0.3, -0.25) is 9.69 Å². The van der Waals surface area contributed by atoms with Crippen molar-refractivity contribution in [2.45, 2.75) is 19.1 Å². The summed E-state index contributed by atoms with van der Waals surface area (Å²) in [6.07, 6.45) is 1.17. The van der Waals surface area contributed by atoms with Crippen LogP contribution in [0.25, 0.3) is 0 Å². The molecule has 1 unspecified atom stereocenters. The molecule has 2 amide bonds. The lowest BCUT2D eigenvalue weighted by Crippen LogP contribution is -2.35. The predicted octanol–water partition coefficient (Wildman–Crippen LogP) is 2.66. The minimum atomic E-state index is -0.681. The minimum Gasteiger partial charge on any atom is -0.502 e. The van der Waals surface area contributed by atoms with Gasteiger partial charge in [0, 0.05) is 37.3 Å². The summed E-state index contributed by atoms with van der Waals surface area (Å²) in [7, 11) is 0. The Morgan fingerprint density at radius 1 is 1.00 bits per heavy atom. The van der Waals surface area contributed by atoms with Crippen molar-refractivity contribution >= 4 is 6.03 Å². The van der Waals surface area contributed by atoms with Crippen LogP contribution in [-0.4, -0.2) is 81.9 Å². The van der Waals surface area contributed by atoms with Crippen molar-refractivity contribution in [2.75, 3.05) is 46.1 Å². The summed E-state index contributed by atoms with van der Waals surface area (Å²) in [5.74, 6) is 5.85. The monoisotopic (exact) mass is 531 g/mol. The number of benzene rings is 2. The summed E-state index contributed by atoms with van der Waals surface area (Å²) in [5.41, 5.74) is 3.26. The number of morpholine rings is 1. The number of hydrogen-bond acceptors (Lipinski definition) is 6. The van der Waals surface area contributed by atoms with Gasteiger partial charge in [-0.1, -0.05) is 36.1 Å². The predicted molar refractivity (Wildman–Crippen MR) is 143 cm³/mol. The Morgan fingerprint density at radius 2 is 1.67 bits per heavy atom. The standard InChI is InChI=1S/C29H30FN5O4/c30-11-12-35-26(19-34(29(35)38)18-25-27(36)28(37)32-20-31-25)24-9-7-22(8-10-24)2-1-21-3-5-23(6-4-21)17-33-13-15-39-16-14-33/h3-10,20,26,36H,11-19H2,(H,31,32,37). The molecule has 0 aliphatic carbocycles. The van der Waals surface area contributed by atoms with Crippen molar-refractivity contribution in [1.82, 2.24) is 24.7 Å². The van der Waals surface area contributed by atoms with Crippen molar-refractivity contribution in [3.63, 3.8) is 0 Å². The van der Waals surface area contributed by atoms with Crippen molar-refractivity contribution in [2.24, 2.45) is 0 Å². The number of amides is 2. The Labute approximate surface area is 225 Å². The molecule has 1 atom stereocenters. The van der Waals surface area contributed by atoms with Gasteiger partial charge in [0.15, 0.2) is 0 Å². The third-order valence-electron chi connectivity index (χ3n) is 6.97. The van der Waals surface area contributed by atoms with Crippen LogP contribution in [0.5, 0.6) is 5.75 Å². The molecule has 39 heavy (non-hydrogen) atoms. The largest absolute Gasteiger partial charge is 0.502 e. The Hall–Kier alpha value is -4.20. The van der Waals surface area contributed by atoms with Crippen LogP contribution in [0.3, 0.4) is 0 Å². The van der Waals surface area contributed by atoms with E-state index >= 15 is 0 Å². The van der Waals surface area contributed by atoms with Gasteiger partial charge in [-0.05, 0) is 35.4 Å². The average Bonchev–Trinajstić information content (AvgIpc) is 3.26. The lowest BCUT2D eigenvalue weighted by molar-refractivity contribution is 0.0342. The maximum absolute atomic E-state index is 13.3. The van der Waals surface area contributed by atoms with E-state index in [1.54, 1.807) is 0 Å². The number of urea groups is 1. The highest BCUT2D eigenvalue weighted by Crippen LogP contribution is 2.31. The Morgan fingerprint density at radius 3 is 2.33 bits per heavy atom. The fraction of sp³-hybridized carbons (Fsp3) is 0.345. The van der Waals surface area contributed by atoms with Gasteiger partial charge >= 0.3 is 6.03 Å². The molecule has 3 aromatic rings. The van der Waals surface area contributed by atoms with Gasteiger partial charge in [0.2, 0.25) is 5.75 Å². The third kappa shape index (κ3) is 6.28. The second-order valence-corrected chi connectivity index (χ2v) is 9.55. The molecular weight excluding hydrogens is 501 g/mol. The number of halogens is 1. The number of ether oxygens (including phenoxy) is 1. The van der Waals surface area contributed by atoms with E-state index in [0.717, 1.165) is 49.5 Å². The highest BCUT2D eigenvalue weighted by molar-refractivity contribution is 5.77. The molecule has 1 aromatic heterocycles. The van der Waals surface area contributed by atoms with E-state index in [9.17, 15) is 19.1 Å². The quantitative estimate of drug-likeness (QED) is 0.455.